The minimum absolute atomic E-state index is 0.0427. The molecule has 1 amide bonds. The maximum Gasteiger partial charge on any atom is 0.239 e. The van der Waals surface area contributed by atoms with E-state index in [1.807, 2.05) is 7.05 Å². The molecule has 0 aromatic carbocycles. The molecule has 1 saturated heterocycles. The number of rotatable bonds is 14. The van der Waals surface area contributed by atoms with E-state index < -0.39 is 0 Å². The summed E-state index contributed by atoms with van der Waals surface area (Å²) in [5.74, 6) is 0.410. The predicted molar refractivity (Wildman–Crippen MR) is 137 cm³/mol. The molecule has 2 rings (SSSR count). The van der Waals surface area contributed by atoms with Crippen LogP contribution in [0.4, 0.5) is 0 Å². The number of hydrogen-bond donors (Lipinski definition) is 1. The average Bonchev–Trinajstić information content (AvgIpc) is 2.80. The number of piperazine rings is 1. The molecular weight excluding hydrogens is 418 g/mol. The van der Waals surface area contributed by atoms with E-state index in [0.717, 1.165) is 45.3 Å². The Labute approximate surface area is 200 Å². The summed E-state index contributed by atoms with van der Waals surface area (Å²) in [6.45, 7) is 10.6. The number of hydrogen-bond acceptors (Lipinski definition) is 5. The number of carbonyl (C=O) groups excluding carboxylic acids is 2. The zero-order valence-electron chi connectivity index (χ0n) is 20.8. The molecule has 0 spiro atoms. The van der Waals surface area contributed by atoms with E-state index in [0.29, 0.717) is 11.2 Å². The number of thioether (sulfide) groups is 1. The van der Waals surface area contributed by atoms with Crippen molar-refractivity contribution in [3.8, 4) is 0 Å². The van der Waals surface area contributed by atoms with Crippen molar-refractivity contribution in [1.82, 2.24) is 15.1 Å². The second kappa shape index (κ2) is 14.9. The number of aldehydes is 1. The van der Waals surface area contributed by atoms with Crippen molar-refractivity contribution in [2.45, 2.75) is 83.4 Å². The summed E-state index contributed by atoms with van der Waals surface area (Å²) in [6, 6.07) is -0.187. The Hall–Kier alpha value is -1.11. The van der Waals surface area contributed by atoms with Gasteiger partial charge in [0.15, 0.2) is 0 Å². The molecule has 0 bridgehead atoms. The van der Waals surface area contributed by atoms with Crippen LogP contribution in [0.2, 0.25) is 0 Å². The lowest BCUT2D eigenvalue weighted by molar-refractivity contribution is -0.129. The molecule has 1 aliphatic heterocycles. The molecular formula is C26H45N3O2S. The van der Waals surface area contributed by atoms with Crippen LogP contribution in [0.15, 0.2) is 22.6 Å². The normalized spacial score (nSPS) is 22.1. The lowest BCUT2D eigenvalue weighted by Gasteiger charge is -2.40. The molecule has 32 heavy (non-hydrogen) atoms. The minimum atomic E-state index is -0.187. The zero-order chi connectivity index (χ0) is 23.3. The van der Waals surface area contributed by atoms with Gasteiger partial charge in [0.25, 0.3) is 0 Å². The monoisotopic (exact) mass is 463 g/mol. The van der Waals surface area contributed by atoms with Gasteiger partial charge in [0, 0.05) is 36.3 Å². The second-order valence-electron chi connectivity index (χ2n) is 9.37. The summed E-state index contributed by atoms with van der Waals surface area (Å²) < 4.78 is 0. The van der Waals surface area contributed by atoms with Crippen LogP contribution >= 0.6 is 11.8 Å². The van der Waals surface area contributed by atoms with Crippen molar-refractivity contribution in [3.63, 3.8) is 0 Å². The number of likely N-dealkylation sites (N-methyl/N-ethyl adjacent to an activating group) is 1. The maximum absolute atomic E-state index is 12.5. The van der Waals surface area contributed by atoms with Gasteiger partial charge in [0.1, 0.15) is 12.3 Å². The van der Waals surface area contributed by atoms with Gasteiger partial charge in [-0.2, -0.15) is 0 Å². The average molecular weight is 464 g/mol. The van der Waals surface area contributed by atoms with Gasteiger partial charge in [-0.25, -0.2) is 0 Å². The summed E-state index contributed by atoms with van der Waals surface area (Å²) in [4.78, 5) is 29.1. The highest BCUT2D eigenvalue weighted by molar-refractivity contribution is 8.03. The second-order valence-corrected chi connectivity index (χ2v) is 10.7. The van der Waals surface area contributed by atoms with Crippen molar-refractivity contribution < 1.29 is 9.59 Å². The van der Waals surface area contributed by atoms with Gasteiger partial charge >= 0.3 is 0 Å². The van der Waals surface area contributed by atoms with E-state index in [9.17, 15) is 9.59 Å². The van der Waals surface area contributed by atoms with Gasteiger partial charge in [-0.05, 0) is 44.2 Å². The van der Waals surface area contributed by atoms with Crippen molar-refractivity contribution >= 4 is 24.0 Å². The molecule has 3 atom stereocenters. The highest BCUT2D eigenvalue weighted by Gasteiger charge is 2.31. The first-order valence-corrected chi connectivity index (χ1v) is 13.6. The Morgan fingerprint density at radius 3 is 2.72 bits per heavy atom. The van der Waals surface area contributed by atoms with Crippen molar-refractivity contribution in [1.29, 1.82) is 0 Å². The van der Waals surface area contributed by atoms with Crippen molar-refractivity contribution in [2.75, 3.05) is 39.8 Å². The van der Waals surface area contributed by atoms with Crippen LogP contribution in [-0.2, 0) is 9.59 Å². The van der Waals surface area contributed by atoms with Crippen LogP contribution in [0.5, 0.6) is 0 Å². The summed E-state index contributed by atoms with van der Waals surface area (Å²) in [5.41, 5.74) is 1.51. The number of amides is 1. The van der Waals surface area contributed by atoms with Gasteiger partial charge in [0.2, 0.25) is 5.91 Å². The van der Waals surface area contributed by atoms with Gasteiger partial charge in [-0.15, -0.1) is 11.8 Å². The predicted octanol–water partition coefficient (Wildman–Crippen LogP) is 4.64. The topological polar surface area (TPSA) is 52.6 Å². The van der Waals surface area contributed by atoms with E-state index in [2.05, 4.69) is 59.8 Å². The molecule has 3 unspecified atom stereocenters. The van der Waals surface area contributed by atoms with E-state index >= 15 is 0 Å². The fourth-order valence-corrected chi connectivity index (χ4v) is 6.13. The standard InChI is InChI=1S/C26H45N3O2S/c1-5-7-8-9-12-22(6-2)32-25-14-11-10-13-23(25)21(3)19-29-17-16-28(4)24(20-29)26(31)27-15-18-30/h13-14,18,21-22,24H,5-12,15-17,19-20H2,1-4H3,(H,27,31). The molecule has 1 aliphatic carbocycles. The number of nitrogens with zero attached hydrogens (tertiary/aromatic N) is 2. The van der Waals surface area contributed by atoms with E-state index in [1.54, 1.807) is 0 Å². The Bertz CT molecular complexity index is 649. The summed E-state index contributed by atoms with van der Waals surface area (Å²) in [5, 5.41) is 3.44. The Morgan fingerprint density at radius 1 is 1.22 bits per heavy atom. The molecule has 1 heterocycles. The lowest BCUT2D eigenvalue weighted by atomic mass is 9.94. The highest BCUT2D eigenvalue weighted by Crippen LogP contribution is 2.38. The molecule has 0 aromatic heterocycles. The Balaban J connectivity index is 1.93. The molecule has 5 nitrogen and oxygen atoms in total. The molecule has 1 N–H and O–H groups in total. The molecule has 6 heteroatoms. The molecule has 1 fully saturated rings. The first-order chi connectivity index (χ1) is 15.5. The summed E-state index contributed by atoms with van der Waals surface area (Å²) in [6.07, 6.45) is 15.8. The van der Waals surface area contributed by atoms with Crippen LogP contribution in [0.25, 0.3) is 0 Å². The molecule has 0 radical (unpaired) electrons. The fourth-order valence-electron chi connectivity index (χ4n) is 4.68. The molecule has 2 aliphatic rings. The Morgan fingerprint density at radius 2 is 2.00 bits per heavy atom. The zero-order valence-corrected chi connectivity index (χ0v) is 21.6. The molecule has 182 valence electrons. The Kier molecular flexibility index (Phi) is 12.7. The van der Waals surface area contributed by atoms with Crippen LogP contribution in [0.3, 0.4) is 0 Å². The number of unbranched alkanes of at least 4 members (excludes halogenated alkanes) is 3. The van der Waals surface area contributed by atoms with Crippen molar-refractivity contribution in [3.05, 3.63) is 22.6 Å². The molecule has 0 aromatic rings. The SMILES string of the molecule is CCCCCCC(CC)SC1=CCCC=C1C(C)CN1CCN(C)C(C(=O)NCC=O)C1. The smallest absolute Gasteiger partial charge is 0.239 e. The number of nitrogens with one attached hydrogen (secondary N) is 1. The third-order valence-electron chi connectivity index (χ3n) is 6.73. The van der Waals surface area contributed by atoms with Crippen molar-refractivity contribution in [2.24, 2.45) is 5.92 Å². The largest absolute Gasteiger partial charge is 0.348 e. The van der Waals surface area contributed by atoms with Crippen LogP contribution in [0, 0.1) is 5.92 Å². The highest BCUT2D eigenvalue weighted by atomic mass is 32.2. The van der Waals surface area contributed by atoms with Crippen LogP contribution in [0.1, 0.15) is 72.1 Å². The number of carbonyl (C=O) groups is 2. The van der Waals surface area contributed by atoms with Crippen LogP contribution in [-0.4, -0.2) is 73.1 Å². The lowest BCUT2D eigenvalue weighted by Crippen LogP contribution is -2.58. The third kappa shape index (κ3) is 8.68. The molecule has 0 saturated carbocycles. The first-order valence-electron chi connectivity index (χ1n) is 12.7. The minimum Gasteiger partial charge on any atom is -0.348 e. The summed E-state index contributed by atoms with van der Waals surface area (Å²) in [7, 11) is 2.00. The van der Waals surface area contributed by atoms with Crippen LogP contribution < -0.4 is 5.32 Å². The van der Waals surface area contributed by atoms with E-state index in [1.165, 1.54) is 49.0 Å². The third-order valence-corrected chi connectivity index (χ3v) is 8.29. The quantitative estimate of drug-likeness (QED) is 0.300. The van der Waals surface area contributed by atoms with E-state index in [4.69, 9.17) is 0 Å². The van der Waals surface area contributed by atoms with Gasteiger partial charge in [0.05, 0.1) is 6.54 Å². The van der Waals surface area contributed by atoms with Gasteiger partial charge in [-0.3, -0.25) is 14.6 Å². The summed E-state index contributed by atoms with van der Waals surface area (Å²) >= 11 is 2.11. The first kappa shape index (κ1) is 27.1. The maximum atomic E-state index is 12.5. The van der Waals surface area contributed by atoms with E-state index in [-0.39, 0.29) is 18.5 Å². The van der Waals surface area contributed by atoms with Gasteiger partial charge in [-0.1, -0.05) is 58.6 Å². The van der Waals surface area contributed by atoms with Gasteiger partial charge < -0.3 is 10.1 Å². The number of allylic oxidation sites excluding steroid dienone is 3. The fraction of sp³-hybridized carbons (Fsp3) is 0.769.